The minimum atomic E-state index is -0.262. The number of nitrogens with zero attached hydrogens (tertiary/aromatic N) is 2. The average Bonchev–Trinajstić information content (AvgIpc) is 2.38. The molecule has 1 aromatic heterocycles. The smallest absolute Gasteiger partial charge is 0.217 e. The fourth-order valence-electron chi connectivity index (χ4n) is 1.55. The van der Waals surface area contributed by atoms with E-state index in [9.17, 15) is 4.79 Å². The summed E-state index contributed by atoms with van der Waals surface area (Å²) in [6, 6.07) is 1.83. The first kappa shape index (κ1) is 15.2. The predicted molar refractivity (Wildman–Crippen MR) is 73.8 cm³/mol. The van der Waals surface area contributed by atoms with E-state index in [4.69, 9.17) is 10.5 Å². The first-order chi connectivity index (χ1) is 9.15. The molecule has 4 N–H and O–H groups in total. The standard InChI is InChI=1S/C12H21N5O2/c1-14-10-7-11(17-12(16-10)8-19-2)15-6-4-3-5-9(13)18/h7H,3-6,8H2,1-2H3,(H2,13,18)(H2,14,15,16,17). The van der Waals surface area contributed by atoms with Crippen LogP contribution in [0.3, 0.4) is 0 Å². The SMILES string of the molecule is CNc1cc(NCCCCC(N)=O)nc(COC)n1. The molecule has 1 rings (SSSR count). The summed E-state index contributed by atoms with van der Waals surface area (Å²) < 4.78 is 5.02. The van der Waals surface area contributed by atoms with E-state index in [1.807, 2.05) is 6.07 Å². The molecule has 7 heteroatoms. The maximum atomic E-state index is 10.6. The number of methoxy groups -OCH3 is 1. The molecule has 0 fully saturated rings. The van der Waals surface area contributed by atoms with Crippen LogP contribution in [0.5, 0.6) is 0 Å². The van der Waals surface area contributed by atoms with Crippen molar-refractivity contribution >= 4 is 17.5 Å². The Hall–Kier alpha value is -1.89. The van der Waals surface area contributed by atoms with E-state index in [-0.39, 0.29) is 5.91 Å². The molecule has 0 spiro atoms. The number of anilines is 2. The van der Waals surface area contributed by atoms with Crippen molar-refractivity contribution in [2.24, 2.45) is 5.73 Å². The Labute approximate surface area is 113 Å². The van der Waals surface area contributed by atoms with Gasteiger partial charge < -0.3 is 21.1 Å². The summed E-state index contributed by atoms with van der Waals surface area (Å²) in [5.74, 6) is 1.84. The number of hydrogen-bond acceptors (Lipinski definition) is 6. The van der Waals surface area contributed by atoms with Gasteiger partial charge in [0.05, 0.1) is 0 Å². The van der Waals surface area contributed by atoms with E-state index in [0.717, 1.165) is 31.0 Å². The van der Waals surface area contributed by atoms with Crippen LogP contribution in [0.25, 0.3) is 0 Å². The van der Waals surface area contributed by atoms with Gasteiger partial charge in [0.1, 0.15) is 18.2 Å². The number of primary amides is 1. The zero-order valence-corrected chi connectivity index (χ0v) is 11.4. The number of hydrogen-bond donors (Lipinski definition) is 3. The van der Waals surface area contributed by atoms with Gasteiger partial charge in [-0.25, -0.2) is 9.97 Å². The van der Waals surface area contributed by atoms with Gasteiger partial charge >= 0.3 is 0 Å². The van der Waals surface area contributed by atoms with Gasteiger partial charge in [-0.2, -0.15) is 0 Å². The quantitative estimate of drug-likeness (QED) is 0.570. The highest BCUT2D eigenvalue weighted by Gasteiger charge is 2.03. The van der Waals surface area contributed by atoms with Gasteiger partial charge in [-0.15, -0.1) is 0 Å². The van der Waals surface area contributed by atoms with Crippen LogP contribution in [-0.2, 0) is 16.1 Å². The Balaban J connectivity index is 2.47. The van der Waals surface area contributed by atoms with Crippen molar-refractivity contribution in [2.45, 2.75) is 25.9 Å². The monoisotopic (exact) mass is 267 g/mol. The van der Waals surface area contributed by atoms with Crippen LogP contribution in [0.2, 0.25) is 0 Å². The van der Waals surface area contributed by atoms with E-state index >= 15 is 0 Å². The lowest BCUT2D eigenvalue weighted by atomic mass is 10.2. The van der Waals surface area contributed by atoms with Gasteiger partial charge in [-0.1, -0.05) is 0 Å². The van der Waals surface area contributed by atoms with Gasteiger partial charge in [0.25, 0.3) is 0 Å². The van der Waals surface area contributed by atoms with E-state index in [0.29, 0.717) is 18.9 Å². The lowest BCUT2D eigenvalue weighted by Gasteiger charge is -2.09. The Bertz CT molecular complexity index is 411. The average molecular weight is 267 g/mol. The third kappa shape index (κ3) is 6.01. The molecule has 0 saturated carbocycles. The lowest BCUT2D eigenvalue weighted by molar-refractivity contribution is -0.118. The molecule has 0 radical (unpaired) electrons. The van der Waals surface area contributed by atoms with Crippen molar-refractivity contribution in [2.75, 3.05) is 31.3 Å². The molecule has 1 amide bonds. The summed E-state index contributed by atoms with van der Waals surface area (Å²) >= 11 is 0. The van der Waals surface area contributed by atoms with Gasteiger partial charge in [0, 0.05) is 33.2 Å². The van der Waals surface area contributed by atoms with Crippen molar-refractivity contribution < 1.29 is 9.53 Å². The number of rotatable bonds is 9. The molecule has 1 heterocycles. The summed E-state index contributed by atoms with van der Waals surface area (Å²) in [5, 5.41) is 6.17. The molecule has 106 valence electrons. The van der Waals surface area contributed by atoms with Gasteiger partial charge in [0.15, 0.2) is 5.82 Å². The molecule has 0 unspecified atom stereocenters. The predicted octanol–water partition coefficient (Wildman–Crippen LogP) is 0.732. The molecule has 0 bridgehead atoms. The maximum absolute atomic E-state index is 10.6. The topological polar surface area (TPSA) is 102 Å². The molecule has 0 aromatic carbocycles. The molecule has 7 nitrogen and oxygen atoms in total. The minimum absolute atomic E-state index is 0.262. The van der Waals surface area contributed by atoms with E-state index in [1.165, 1.54) is 0 Å². The van der Waals surface area contributed by atoms with E-state index in [2.05, 4.69) is 20.6 Å². The summed E-state index contributed by atoms with van der Waals surface area (Å²) in [4.78, 5) is 19.2. The van der Waals surface area contributed by atoms with Crippen LogP contribution >= 0.6 is 0 Å². The Kier molecular flexibility index (Phi) is 6.59. The van der Waals surface area contributed by atoms with Gasteiger partial charge in [-0.05, 0) is 12.8 Å². The van der Waals surface area contributed by atoms with Crippen LogP contribution in [0, 0.1) is 0 Å². The number of unbranched alkanes of at least 4 members (excludes halogenated alkanes) is 1. The van der Waals surface area contributed by atoms with Crippen LogP contribution in [0.4, 0.5) is 11.6 Å². The number of amides is 1. The van der Waals surface area contributed by atoms with Gasteiger partial charge in [0.2, 0.25) is 5.91 Å². The molecule has 0 aliphatic carbocycles. The number of nitrogens with one attached hydrogen (secondary N) is 2. The summed E-state index contributed by atoms with van der Waals surface area (Å²) in [6.45, 7) is 1.10. The number of ether oxygens (including phenoxy) is 1. The van der Waals surface area contributed by atoms with Crippen molar-refractivity contribution in [3.8, 4) is 0 Å². The summed E-state index contributed by atoms with van der Waals surface area (Å²) in [6.07, 6.45) is 2.06. The maximum Gasteiger partial charge on any atom is 0.217 e. The van der Waals surface area contributed by atoms with Crippen LogP contribution in [0.1, 0.15) is 25.1 Å². The Morgan fingerprint density at radius 3 is 2.74 bits per heavy atom. The largest absolute Gasteiger partial charge is 0.377 e. The minimum Gasteiger partial charge on any atom is -0.377 e. The summed E-state index contributed by atoms with van der Waals surface area (Å²) in [7, 11) is 3.40. The molecule has 0 aliphatic heterocycles. The van der Waals surface area contributed by atoms with Crippen molar-refractivity contribution in [1.82, 2.24) is 9.97 Å². The molecular formula is C12H21N5O2. The van der Waals surface area contributed by atoms with Crippen molar-refractivity contribution in [3.63, 3.8) is 0 Å². The number of carbonyl (C=O) groups excluding carboxylic acids is 1. The molecule has 0 aliphatic rings. The second-order valence-corrected chi connectivity index (χ2v) is 4.09. The zero-order valence-electron chi connectivity index (χ0n) is 11.4. The first-order valence-electron chi connectivity index (χ1n) is 6.22. The molecule has 1 aromatic rings. The van der Waals surface area contributed by atoms with Crippen molar-refractivity contribution in [3.05, 3.63) is 11.9 Å². The fraction of sp³-hybridized carbons (Fsp3) is 0.583. The van der Waals surface area contributed by atoms with Crippen molar-refractivity contribution in [1.29, 1.82) is 0 Å². The number of carbonyl (C=O) groups is 1. The second kappa shape index (κ2) is 8.25. The second-order valence-electron chi connectivity index (χ2n) is 4.09. The molecular weight excluding hydrogens is 246 g/mol. The summed E-state index contributed by atoms with van der Waals surface area (Å²) in [5.41, 5.74) is 5.07. The Morgan fingerprint density at radius 1 is 1.37 bits per heavy atom. The highest BCUT2D eigenvalue weighted by atomic mass is 16.5. The van der Waals surface area contributed by atoms with E-state index < -0.39 is 0 Å². The highest BCUT2D eigenvalue weighted by molar-refractivity contribution is 5.73. The highest BCUT2D eigenvalue weighted by Crippen LogP contribution is 2.11. The van der Waals surface area contributed by atoms with Crippen LogP contribution < -0.4 is 16.4 Å². The normalized spacial score (nSPS) is 10.2. The number of nitrogens with two attached hydrogens (primary N) is 1. The molecule has 0 atom stereocenters. The number of aromatic nitrogens is 2. The zero-order chi connectivity index (χ0) is 14.1. The first-order valence-corrected chi connectivity index (χ1v) is 6.22. The molecule has 19 heavy (non-hydrogen) atoms. The van der Waals surface area contributed by atoms with Crippen LogP contribution in [-0.4, -0.2) is 36.6 Å². The van der Waals surface area contributed by atoms with E-state index in [1.54, 1.807) is 14.2 Å². The fourth-order valence-corrected chi connectivity index (χ4v) is 1.55. The molecule has 0 saturated heterocycles. The lowest BCUT2D eigenvalue weighted by Crippen LogP contribution is -2.11. The van der Waals surface area contributed by atoms with Crippen LogP contribution in [0.15, 0.2) is 6.07 Å². The third-order valence-electron chi connectivity index (χ3n) is 2.46. The Morgan fingerprint density at radius 2 is 2.11 bits per heavy atom. The van der Waals surface area contributed by atoms with Gasteiger partial charge in [-0.3, -0.25) is 4.79 Å². The third-order valence-corrected chi connectivity index (χ3v) is 2.46.